The van der Waals surface area contributed by atoms with Gasteiger partial charge in [-0.3, -0.25) is 14.2 Å². The predicted molar refractivity (Wildman–Crippen MR) is 96.4 cm³/mol. The standard InChI is InChI=1S/C17H24N4O2S/c1-2-9-21(13-3-7-18-8-4-13)15(22)5-10-20-12-19-16-14(17(20)23)6-11-24-16/h6,11-13,18H,2-5,7-10H2,1H3. The summed E-state index contributed by atoms with van der Waals surface area (Å²) >= 11 is 1.46. The highest BCUT2D eigenvalue weighted by molar-refractivity contribution is 7.16. The van der Waals surface area contributed by atoms with Crippen molar-refractivity contribution in [1.29, 1.82) is 0 Å². The first-order valence-electron chi connectivity index (χ1n) is 8.63. The number of rotatable bonds is 6. The highest BCUT2D eigenvalue weighted by atomic mass is 32.1. The van der Waals surface area contributed by atoms with E-state index in [1.54, 1.807) is 17.0 Å². The van der Waals surface area contributed by atoms with Gasteiger partial charge in [-0.25, -0.2) is 4.98 Å². The Bertz CT molecular complexity index is 748. The maximum atomic E-state index is 12.7. The van der Waals surface area contributed by atoms with Crippen LogP contribution in [0.15, 0.2) is 22.6 Å². The number of nitrogens with one attached hydrogen (secondary N) is 1. The molecule has 2 aromatic heterocycles. The molecule has 6 nitrogen and oxygen atoms in total. The molecule has 0 saturated carbocycles. The third-order valence-electron chi connectivity index (χ3n) is 4.55. The summed E-state index contributed by atoms with van der Waals surface area (Å²) < 4.78 is 1.56. The van der Waals surface area contributed by atoms with Crippen LogP contribution in [0.3, 0.4) is 0 Å². The van der Waals surface area contributed by atoms with Crippen LogP contribution in [0.4, 0.5) is 0 Å². The van der Waals surface area contributed by atoms with E-state index in [1.807, 2.05) is 10.3 Å². The number of fused-ring (bicyclic) bond motifs is 1. The van der Waals surface area contributed by atoms with E-state index in [9.17, 15) is 9.59 Å². The molecule has 1 aliphatic heterocycles. The van der Waals surface area contributed by atoms with Crippen molar-refractivity contribution in [3.8, 4) is 0 Å². The Morgan fingerprint density at radius 2 is 2.25 bits per heavy atom. The van der Waals surface area contributed by atoms with Gasteiger partial charge in [0.25, 0.3) is 5.56 Å². The Kier molecular flexibility index (Phi) is 5.63. The molecule has 1 N–H and O–H groups in total. The smallest absolute Gasteiger partial charge is 0.262 e. The third-order valence-corrected chi connectivity index (χ3v) is 5.37. The van der Waals surface area contributed by atoms with Crippen LogP contribution in [0.25, 0.3) is 10.2 Å². The average Bonchev–Trinajstić information content (AvgIpc) is 3.09. The molecule has 0 unspecified atom stereocenters. The van der Waals surface area contributed by atoms with Crippen molar-refractivity contribution < 1.29 is 4.79 Å². The van der Waals surface area contributed by atoms with Crippen molar-refractivity contribution in [2.24, 2.45) is 0 Å². The zero-order chi connectivity index (χ0) is 16.9. The van der Waals surface area contributed by atoms with Gasteiger partial charge in [-0.2, -0.15) is 0 Å². The maximum absolute atomic E-state index is 12.7. The monoisotopic (exact) mass is 348 g/mol. The molecule has 0 spiro atoms. The van der Waals surface area contributed by atoms with Crippen LogP contribution in [0.5, 0.6) is 0 Å². The molecule has 1 saturated heterocycles. The first-order chi connectivity index (χ1) is 11.7. The number of nitrogens with zero attached hydrogens (tertiary/aromatic N) is 3. The molecule has 0 aliphatic carbocycles. The molecular formula is C17H24N4O2S. The molecule has 0 aromatic carbocycles. The normalized spacial score (nSPS) is 15.7. The van der Waals surface area contributed by atoms with E-state index in [0.717, 1.165) is 43.7 Å². The summed E-state index contributed by atoms with van der Waals surface area (Å²) in [6.07, 6.45) is 4.88. The summed E-state index contributed by atoms with van der Waals surface area (Å²) in [6, 6.07) is 2.12. The molecular weight excluding hydrogens is 324 g/mol. The Hall–Kier alpha value is -1.73. The maximum Gasteiger partial charge on any atom is 0.262 e. The van der Waals surface area contributed by atoms with Crippen molar-refractivity contribution in [1.82, 2.24) is 19.8 Å². The summed E-state index contributed by atoms with van der Waals surface area (Å²) in [5, 5.41) is 5.85. The van der Waals surface area contributed by atoms with Gasteiger partial charge < -0.3 is 10.2 Å². The van der Waals surface area contributed by atoms with Gasteiger partial charge in [0.1, 0.15) is 4.83 Å². The van der Waals surface area contributed by atoms with Crippen molar-refractivity contribution in [2.45, 2.75) is 45.2 Å². The van der Waals surface area contributed by atoms with Crippen LogP contribution in [-0.4, -0.2) is 46.0 Å². The Labute approximate surface area is 145 Å². The topological polar surface area (TPSA) is 67.2 Å². The summed E-state index contributed by atoms with van der Waals surface area (Å²) in [7, 11) is 0. The molecule has 130 valence electrons. The quantitative estimate of drug-likeness (QED) is 0.865. The van der Waals surface area contributed by atoms with Gasteiger partial charge in [0, 0.05) is 25.6 Å². The van der Waals surface area contributed by atoms with E-state index in [4.69, 9.17) is 0 Å². The first kappa shape index (κ1) is 17.1. The third kappa shape index (κ3) is 3.67. The van der Waals surface area contributed by atoms with Crippen LogP contribution in [0, 0.1) is 0 Å². The lowest BCUT2D eigenvalue weighted by Crippen LogP contribution is -2.46. The molecule has 7 heteroatoms. The molecule has 0 bridgehead atoms. The second-order valence-electron chi connectivity index (χ2n) is 6.20. The highest BCUT2D eigenvalue weighted by Crippen LogP contribution is 2.15. The molecule has 2 aromatic rings. The molecule has 1 amide bonds. The number of aryl methyl sites for hydroxylation is 1. The Morgan fingerprint density at radius 1 is 1.46 bits per heavy atom. The average molecular weight is 348 g/mol. The molecule has 24 heavy (non-hydrogen) atoms. The second-order valence-corrected chi connectivity index (χ2v) is 7.10. The lowest BCUT2D eigenvalue weighted by atomic mass is 10.0. The first-order valence-corrected chi connectivity index (χ1v) is 9.51. The van der Waals surface area contributed by atoms with E-state index in [-0.39, 0.29) is 11.5 Å². The van der Waals surface area contributed by atoms with E-state index >= 15 is 0 Å². The molecule has 1 aliphatic rings. The lowest BCUT2D eigenvalue weighted by molar-refractivity contribution is -0.134. The Morgan fingerprint density at radius 3 is 3.00 bits per heavy atom. The van der Waals surface area contributed by atoms with Gasteiger partial charge in [-0.05, 0) is 43.8 Å². The predicted octanol–water partition coefficient (Wildman–Crippen LogP) is 1.84. The number of piperidine rings is 1. The van der Waals surface area contributed by atoms with Gasteiger partial charge in [-0.1, -0.05) is 6.92 Å². The van der Waals surface area contributed by atoms with Crippen LogP contribution >= 0.6 is 11.3 Å². The molecule has 3 rings (SSSR count). The minimum Gasteiger partial charge on any atom is -0.340 e. The summed E-state index contributed by atoms with van der Waals surface area (Å²) in [6.45, 7) is 5.22. The van der Waals surface area contributed by atoms with Crippen LogP contribution in [-0.2, 0) is 11.3 Å². The minimum absolute atomic E-state index is 0.0574. The molecule has 3 heterocycles. The van der Waals surface area contributed by atoms with E-state index < -0.39 is 0 Å². The SMILES string of the molecule is CCCN(C(=O)CCn1cnc2sccc2c1=O)C1CCNCC1. The van der Waals surface area contributed by atoms with Crippen LogP contribution < -0.4 is 10.9 Å². The van der Waals surface area contributed by atoms with Gasteiger partial charge >= 0.3 is 0 Å². The lowest BCUT2D eigenvalue weighted by Gasteiger charge is -2.34. The zero-order valence-corrected chi connectivity index (χ0v) is 14.8. The van der Waals surface area contributed by atoms with Gasteiger partial charge in [0.15, 0.2) is 0 Å². The largest absolute Gasteiger partial charge is 0.340 e. The number of thiophene rings is 1. The van der Waals surface area contributed by atoms with Crippen molar-refractivity contribution in [3.63, 3.8) is 0 Å². The number of hydrogen-bond acceptors (Lipinski definition) is 5. The Balaban J connectivity index is 1.67. The fourth-order valence-electron chi connectivity index (χ4n) is 3.28. The summed E-state index contributed by atoms with van der Waals surface area (Å²) in [4.78, 5) is 32.2. The fraction of sp³-hybridized carbons (Fsp3) is 0.588. The van der Waals surface area contributed by atoms with Gasteiger partial charge in [-0.15, -0.1) is 11.3 Å². The summed E-state index contributed by atoms with van der Waals surface area (Å²) in [5.74, 6) is 0.140. The number of aromatic nitrogens is 2. The molecule has 0 atom stereocenters. The zero-order valence-electron chi connectivity index (χ0n) is 14.0. The fourth-order valence-corrected chi connectivity index (χ4v) is 4.01. The van der Waals surface area contributed by atoms with Gasteiger partial charge in [0.2, 0.25) is 5.91 Å². The number of carbonyl (C=O) groups excluding carboxylic acids is 1. The molecule has 0 radical (unpaired) electrons. The number of hydrogen-bond donors (Lipinski definition) is 1. The summed E-state index contributed by atoms with van der Waals surface area (Å²) in [5.41, 5.74) is -0.0574. The van der Waals surface area contributed by atoms with Crippen molar-refractivity contribution >= 4 is 27.5 Å². The second kappa shape index (κ2) is 7.90. The number of carbonyl (C=O) groups is 1. The van der Waals surface area contributed by atoms with Crippen LogP contribution in [0.1, 0.15) is 32.6 Å². The highest BCUT2D eigenvalue weighted by Gasteiger charge is 2.24. The van der Waals surface area contributed by atoms with E-state index in [2.05, 4.69) is 17.2 Å². The number of amides is 1. The van der Waals surface area contributed by atoms with Crippen molar-refractivity contribution in [3.05, 3.63) is 28.1 Å². The van der Waals surface area contributed by atoms with Crippen molar-refractivity contribution in [2.75, 3.05) is 19.6 Å². The molecule has 1 fully saturated rings. The minimum atomic E-state index is -0.0574. The van der Waals surface area contributed by atoms with E-state index in [0.29, 0.717) is 24.4 Å². The van der Waals surface area contributed by atoms with Gasteiger partial charge in [0.05, 0.1) is 11.7 Å². The van der Waals surface area contributed by atoms with Crippen LogP contribution in [0.2, 0.25) is 0 Å². The van der Waals surface area contributed by atoms with E-state index in [1.165, 1.54) is 11.3 Å².